The largest absolute Gasteiger partial charge is 0.295 e. The third kappa shape index (κ3) is 2.38. The summed E-state index contributed by atoms with van der Waals surface area (Å²) in [5.74, 6) is 1.15. The van der Waals surface area contributed by atoms with Crippen LogP contribution in [0.25, 0.3) is 16.7 Å². The second kappa shape index (κ2) is 5.16. The maximum absolute atomic E-state index is 6.06. The molecule has 1 aromatic heterocycles. The van der Waals surface area contributed by atoms with E-state index in [1.165, 1.54) is 0 Å². The number of nitrogens with zero attached hydrogens (tertiary/aromatic N) is 2. The van der Waals surface area contributed by atoms with E-state index >= 15 is 0 Å². The van der Waals surface area contributed by atoms with Crippen molar-refractivity contribution in [2.45, 2.75) is 5.88 Å². The smallest absolute Gasteiger partial charge is 0.129 e. The highest BCUT2D eigenvalue weighted by atomic mass is 79.9. The molecule has 19 heavy (non-hydrogen) atoms. The van der Waals surface area contributed by atoms with Gasteiger partial charge in [0.05, 0.1) is 16.9 Å². The van der Waals surface area contributed by atoms with Crippen LogP contribution in [0.5, 0.6) is 0 Å². The first-order valence-electron chi connectivity index (χ1n) is 5.68. The molecule has 0 bridgehead atoms. The Morgan fingerprint density at radius 3 is 2.74 bits per heavy atom. The zero-order valence-electron chi connectivity index (χ0n) is 9.78. The van der Waals surface area contributed by atoms with Crippen molar-refractivity contribution in [2.24, 2.45) is 0 Å². The number of aromatic nitrogens is 2. The van der Waals surface area contributed by atoms with Gasteiger partial charge in [-0.3, -0.25) is 4.57 Å². The molecule has 0 N–H and O–H groups in total. The van der Waals surface area contributed by atoms with E-state index in [0.717, 1.165) is 27.0 Å². The van der Waals surface area contributed by atoms with E-state index in [1.807, 2.05) is 47.0 Å². The van der Waals surface area contributed by atoms with Crippen molar-refractivity contribution >= 4 is 50.2 Å². The molecule has 96 valence electrons. The average molecular weight is 356 g/mol. The summed E-state index contributed by atoms with van der Waals surface area (Å²) in [4.78, 5) is 4.55. The van der Waals surface area contributed by atoms with Crippen molar-refractivity contribution in [2.75, 3.05) is 0 Å². The summed E-state index contributed by atoms with van der Waals surface area (Å²) < 4.78 is 3.03. The first kappa shape index (κ1) is 13.0. The number of halogens is 3. The van der Waals surface area contributed by atoms with Gasteiger partial charge in [0.1, 0.15) is 5.82 Å². The van der Waals surface area contributed by atoms with Crippen molar-refractivity contribution in [3.05, 3.63) is 57.8 Å². The average Bonchev–Trinajstić information content (AvgIpc) is 2.76. The molecular weight excluding hydrogens is 347 g/mol. The molecule has 0 radical (unpaired) electrons. The minimum atomic E-state index is 0.346. The SMILES string of the molecule is ClCc1nc2ccc(Br)cc2n1-c1cccc(Cl)c1. The number of fused-ring (bicyclic) bond motifs is 1. The van der Waals surface area contributed by atoms with Crippen molar-refractivity contribution in [3.8, 4) is 5.69 Å². The van der Waals surface area contributed by atoms with Crippen molar-refractivity contribution < 1.29 is 0 Å². The molecule has 0 aliphatic heterocycles. The van der Waals surface area contributed by atoms with Crippen LogP contribution in [-0.2, 0) is 5.88 Å². The Labute approximate surface area is 129 Å². The van der Waals surface area contributed by atoms with Gasteiger partial charge in [-0.05, 0) is 36.4 Å². The second-order valence-electron chi connectivity index (χ2n) is 4.11. The summed E-state index contributed by atoms with van der Waals surface area (Å²) in [6, 6.07) is 13.6. The molecule has 3 aromatic rings. The highest BCUT2D eigenvalue weighted by Crippen LogP contribution is 2.26. The number of alkyl halides is 1. The lowest BCUT2D eigenvalue weighted by Crippen LogP contribution is -1.99. The Kier molecular flexibility index (Phi) is 3.52. The molecule has 0 aliphatic carbocycles. The monoisotopic (exact) mass is 354 g/mol. The van der Waals surface area contributed by atoms with Gasteiger partial charge in [0.15, 0.2) is 0 Å². The molecule has 3 rings (SSSR count). The number of benzene rings is 2. The summed E-state index contributed by atoms with van der Waals surface area (Å²) in [5, 5.41) is 0.690. The molecule has 2 nitrogen and oxygen atoms in total. The lowest BCUT2D eigenvalue weighted by atomic mass is 10.3. The summed E-state index contributed by atoms with van der Waals surface area (Å²) in [6.07, 6.45) is 0. The predicted octanol–water partition coefficient (Wildman–Crippen LogP) is 5.18. The van der Waals surface area contributed by atoms with E-state index in [1.54, 1.807) is 0 Å². The van der Waals surface area contributed by atoms with E-state index in [0.29, 0.717) is 10.9 Å². The molecule has 0 saturated carbocycles. The maximum atomic E-state index is 6.06. The van der Waals surface area contributed by atoms with Gasteiger partial charge in [-0.2, -0.15) is 0 Å². The Balaban J connectivity index is 2.34. The number of rotatable bonds is 2. The van der Waals surface area contributed by atoms with Crippen LogP contribution in [0.15, 0.2) is 46.9 Å². The molecule has 0 saturated heterocycles. The fourth-order valence-corrected chi connectivity index (χ4v) is 2.80. The Morgan fingerprint density at radius 2 is 2.00 bits per heavy atom. The van der Waals surface area contributed by atoms with Gasteiger partial charge in [-0.25, -0.2) is 4.98 Å². The van der Waals surface area contributed by atoms with Gasteiger partial charge >= 0.3 is 0 Å². The maximum Gasteiger partial charge on any atom is 0.129 e. The number of hydrogen-bond acceptors (Lipinski definition) is 1. The summed E-state index contributed by atoms with van der Waals surface area (Å²) in [6.45, 7) is 0. The van der Waals surface area contributed by atoms with Crippen LogP contribution in [0.4, 0.5) is 0 Å². The normalized spacial score (nSPS) is 11.1. The van der Waals surface area contributed by atoms with E-state index in [4.69, 9.17) is 23.2 Å². The van der Waals surface area contributed by atoms with E-state index in [9.17, 15) is 0 Å². The highest BCUT2D eigenvalue weighted by Gasteiger charge is 2.12. The third-order valence-corrected chi connectivity index (χ3v) is 3.84. The van der Waals surface area contributed by atoms with E-state index < -0.39 is 0 Å². The number of imidazole rings is 1. The molecule has 2 aromatic carbocycles. The molecule has 1 heterocycles. The predicted molar refractivity (Wildman–Crippen MR) is 83.3 cm³/mol. The topological polar surface area (TPSA) is 17.8 Å². The van der Waals surface area contributed by atoms with Crippen LogP contribution in [0.2, 0.25) is 5.02 Å². The van der Waals surface area contributed by atoms with Crippen molar-refractivity contribution in [3.63, 3.8) is 0 Å². The molecule has 0 amide bonds. The molecule has 0 fully saturated rings. The van der Waals surface area contributed by atoms with Gasteiger partial charge < -0.3 is 0 Å². The zero-order valence-corrected chi connectivity index (χ0v) is 12.9. The molecular formula is C14H9BrCl2N2. The molecule has 5 heteroatoms. The van der Waals surface area contributed by atoms with Crippen LogP contribution in [0.3, 0.4) is 0 Å². The fourth-order valence-electron chi connectivity index (χ4n) is 2.09. The molecule has 0 atom stereocenters. The van der Waals surface area contributed by atoms with E-state index in [2.05, 4.69) is 20.9 Å². The highest BCUT2D eigenvalue weighted by molar-refractivity contribution is 9.10. The molecule has 0 spiro atoms. The lowest BCUT2D eigenvalue weighted by Gasteiger charge is -2.08. The molecule has 0 unspecified atom stereocenters. The summed E-state index contributed by atoms with van der Waals surface area (Å²) in [5.41, 5.74) is 2.88. The minimum absolute atomic E-state index is 0.346. The first-order valence-corrected chi connectivity index (χ1v) is 7.38. The van der Waals surface area contributed by atoms with E-state index in [-0.39, 0.29) is 0 Å². The fraction of sp³-hybridized carbons (Fsp3) is 0.0714. The van der Waals surface area contributed by atoms with Gasteiger partial charge in [0, 0.05) is 15.2 Å². The summed E-state index contributed by atoms with van der Waals surface area (Å²) >= 11 is 15.6. The second-order valence-corrected chi connectivity index (χ2v) is 5.73. The van der Waals surface area contributed by atoms with Crippen LogP contribution in [0, 0.1) is 0 Å². The van der Waals surface area contributed by atoms with Crippen LogP contribution < -0.4 is 0 Å². The van der Waals surface area contributed by atoms with Gasteiger partial charge in [0.2, 0.25) is 0 Å². The molecule has 0 aliphatic rings. The number of hydrogen-bond donors (Lipinski definition) is 0. The van der Waals surface area contributed by atoms with Crippen molar-refractivity contribution in [1.82, 2.24) is 9.55 Å². The Hall–Kier alpha value is -1.03. The standard InChI is InChI=1S/C14H9BrCl2N2/c15-9-4-5-12-13(6-9)19(14(8-16)18-12)11-3-1-2-10(17)7-11/h1-7H,8H2. The minimum Gasteiger partial charge on any atom is -0.295 e. The first-order chi connectivity index (χ1) is 9.19. The zero-order chi connectivity index (χ0) is 13.4. The van der Waals surface area contributed by atoms with Gasteiger partial charge in [0.25, 0.3) is 0 Å². The van der Waals surface area contributed by atoms with Crippen molar-refractivity contribution in [1.29, 1.82) is 0 Å². The lowest BCUT2D eigenvalue weighted by molar-refractivity contribution is 0.982. The Morgan fingerprint density at radius 1 is 1.16 bits per heavy atom. The quantitative estimate of drug-likeness (QED) is 0.579. The van der Waals surface area contributed by atoms with Crippen LogP contribution in [-0.4, -0.2) is 9.55 Å². The van der Waals surface area contributed by atoms with Gasteiger partial charge in [-0.1, -0.05) is 33.6 Å². The van der Waals surface area contributed by atoms with Gasteiger partial charge in [-0.15, -0.1) is 11.6 Å². The summed E-state index contributed by atoms with van der Waals surface area (Å²) in [7, 11) is 0. The Bertz CT molecular complexity index is 752. The third-order valence-electron chi connectivity index (χ3n) is 2.87. The van der Waals surface area contributed by atoms with Crippen LogP contribution >= 0.6 is 39.1 Å². The van der Waals surface area contributed by atoms with Crippen LogP contribution in [0.1, 0.15) is 5.82 Å².